The molecule has 0 radical (unpaired) electrons. The van der Waals surface area contributed by atoms with Gasteiger partial charge in [-0.25, -0.2) is 0 Å². The topological polar surface area (TPSA) is 46.5 Å². The second-order valence-corrected chi connectivity index (χ2v) is 6.81. The monoisotopic (exact) mass is 268 g/mol. The van der Waals surface area contributed by atoms with Crippen molar-refractivity contribution < 1.29 is 14.6 Å². The van der Waals surface area contributed by atoms with Gasteiger partial charge in [-0.1, -0.05) is 13.8 Å². The molecule has 2 aliphatic rings. The molecule has 3 atom stereocenters. The Kier molecular flexibility index (Phi) is 5.26. The summed E-state index contributed by atoms with van der Waals surface area (Å²) in [5, 5.41) is 9.44. The summed E-state index contributed by atoms with van der Waals surface area (Å²) in [6.45, 7) is 6.28. The van der Waals surface area contributed by atoms with Crippen LogP contribution in [0, 0.1) is 29.6 Å². The van der Waals surface area contributed by atoms with Gasteiger partial charge in [0.25, 0.3) is 0 Å². The largest absolute Gasteiger partial charge is 0.481 e. The molecular formula is C16H28O3. The van der Waals surface area contributed by atoms with Gasteiger partial charge in [0.1, 0.15) is 0 Å². The minimum atomic E-state index is -0.570. The summed E-state index contributed by atoms with van der Waals surface area (Å²) in [6, 6.07) is 0. The standard InChI is InChI=1S/C16H28O3/c1-11(2)13-3-4-15(16(17)18)14(10-13)9-12-5-7-19-8-6-12/h11-15H,3-10H2,1-2H3,(H,17,18). The fraction of sp³-hybridized carbons (Fsp3) is 0.938. The Hall–Kier alpha value is -0.570. The van der Waals surface area contributed by atoms with E-state index in [9.17, 15) is 9.90 Å². The lowest BCUT2D eigenvalue weighted by molar-refractivity contribution is -0.146. The van der Waals surface area contributed by atoms with Crippen molar-refractivity contribution in [3.8, 4) is 0 Å². The maximum Gasteiger partial charge on any atom is 0.306 e. The number of hydrogen-bond acceptors (Lipinski definition) is 2. The molecule has 1 aliphatic heterocycles. The average Bonchev–Trinajstić information content (AvgIpc) is 2.39. The van der Waals surface area contributed by atoms with Crippen molar-refractivity contribution in [2.45, 2.75) is 52.4 Å². The minimum Gasteiger partial charge on any atom is -0.481 e. The van der Waals surface area contributed by atoms with Crippen LogP contribution < -0.4 is 0 Å². The molecule has 3 heteroatoms. The van der Waals surface area contributed by atoms with E-state index in [1.807, 2.05) is 0 Å². The van der Waals surface area contributed by atoms with Gasteiger partial charge in [0.05, 0.1) is 5.92 Å². The normalized spacial score (nSPS) is 33.5. The Labute approximate surface area is 116 Å². The van der Waals surface area contributed by atoms with Crippen LogP contribution in [0.3, 0.4) is 0 Å². The molecule has 1 aliphatic carbocycles. The fourth-order valence-electron chi connectivity index (χ4n) is 3.90. The summed E-state index contributed by atoms with van der Waals surface area (Å²) >= 11 is 0. The Balaban J connectivity index is 1.96. The van der Waals surface area contributed by atoms with Crippen LogP contribution in [0.1, 0.15) is 52.4 Å². The molecule has 0 bridgehead atoms. The lowest BCUT2D eigenvalue weighted by Gasteiger charge is -2.38. The summed E-state index contributed by atoms with van der Waals surface area (Å²) in [4.78, 5) is 11.5. The first-order chi connectivity index (χ1) is 9.08. The van der Waals surface area contributed by atoms with E-state index in [4.69, 9.17) is 4.74 Å². The van der Waals surface area contributed by atoms with E-state index >= 15 is 0 Å². The van der Waals surface area contributed by atoms with Gasteiger partial charge in [0.15, 0.2) is 0 Å². The molecule has 2 rings (SSSR count). The van der Waals surface area contributed by atoms with Crippen LogP contribution in [-0.4, -0.2) is 24.3 Å². The second-order valence-electron chi connectivity index (χ2n) is 6.81. The van der Waals surface area contributed by atoms with Gasteiger partial charge in [-0.2, -0.15) is 0 Å². The van der Waals surface area contributed by atoms with Gasteiger partial charge >= 0.3 is 5.97 Å². The van der Waals surface area contributed by atoms with E-state index in [2.05, 4.69) is 13.8 Å². The first kappa shape index (κ1) is 14.8. The third-order valence-electron chi connectivity index (χ3n) is 5.26. The molecule has 110 valence electrons. The number of carbonyl (C=O) groups is 1. The molecule has 1 saturated carbocycles. The first-order valence-electron chi connectivity index (χ1n) is 7.88. The zero-order valence-electron chi connectivity index (χ0n) is 12.3. The third kappa shape index (κ3) is 3.95. The van der Waals surface area contributed by atoms with Crippen LogP contribution in [0.2, 0.25) is 0 Å². The predicted octanol–water partition coefficient (Wildman–Crippen LogP) is 3.58. The molecule has 1 saturated heterocycles. The van der Waals surface area contributed by atoms with Crippen molar-refractivity contribution in [2.24, 2.45) is 29.6 Å². The predicted molar refractivity (Wildman–Crippen MR) is 75.0 cm³/mol. The van der Waals surface area contributed by atoms with E-state index in [0.717, 1.165) is 57.7 Å². The Morgan fingerprint density at radius 2 is 1.89 bits per heavy atom. The third-order valence-corrected chi connectivity index (χ3v) is 5.26. The van der Waals surface area contributed by atoms with Gasteiger partial charge in [0, 0.05) is 13.2 Å². The molecule has 0 aromatic carbocycles. The zero-order valence-corrected chi connectivity index (χ0v) is 12.3. The maximum absolute atomic E-state index is 11.5. The molecule has 19 heavy (non-hydrogen) atoms. The molecule has 2 fully saturated rings. The van der Waals surface area contributed by atoms with Crippen molar-refractivity contribution in [1.29, 1.82) is 0 Å². The van der Waals surface area contributed by atoms with Gasteiger partial charge in [-0.15, -0.1) is 0 Å². The van der Waals surface area contributed by atoms with Gasteiger partial charge in [-0.3, -0.25) is 4.79 Å². The van der Waals surface area contributed by atoms with Crippen LogP contribution in [0.5, 0.6) is 0 Å². The van der Waals surface area contributed by atoms with Gasteiger partial charge in [0.2, 0.25) is 0 Å². The summed E-state index contributed by atoms with van der Waals surface area (Å²) < 4.78 is 5.41. The average molecular weight is 268 g/mol. The molecule has 1 heterocycles. The Bertz CT molecular complexity index is 294. The Morgan fingerprint density at radius 1 is 1.21 bits per heavy atom. The zero-order chi connectivity index (χ0) is 13.8. The first-order valence-corrected chi connectivity index (χ1v) is 7.88. The lowest BCUT2D eigenvalue weighted by atomic mass is 9.67. The van der Waals surface area contributed by atoms with Crippen LogP contribution in [-0.2, 0) is 9.53 Å². The molecule has 0 aromatic heterocycles. The summed E-state index contributed by atoms with van der Waals surface area (Å²) in [6.07, 6.45) is 6.44. The summed E-state index contributed by atoms with van der Waals surface area (Å²) in [5.41, 5.74) is 0. The highest BCUT2D eigenvalue weighted by atomic mass is 16.5. The van der Waals surface area contributed by atoms with Crippen LogP contribution in [0.15, 0.2) is 0 Å². The van der Waals surface area contributed by atoms with Gasteiger partial charge < -0.3 is 9.84 Å². The quantitative estimate of drug-likeness (QED) is 0.847. The van der Waals surface area contributed by atoms with E-state index in [-0.39, 0.29) is 5.92 Å². The highest BCUT2D eigenvalue weighted by Crippen LogP contribution is 2.41. The van der Waals surface area contributed by atoms with Crippen molar-refractivity contribution in [3.63, 3.8) is 0 Å². The lowest BCUT2D eigenvalue weighted by Crippen LogP contribution is -2.34. The molecule has 0 amide bonds. The van der Waals surface area contributed by atoms with Crippen molar-refractivity contribution in [1.82, 2.24) is 0 Å². The number of carboxylic acid groups (broad SMARTS) is 1. The van der Waals surface area contributed by atoms with Crippen LogP contribution >= 0.6 is 0 Å². The number of aliphatic carboxylic acids is 1. The highest BCUT2D eigenvalue weighted by molar-refractivity contribution is 5.70. The summed E-state index contributed by atoms with van der Waals surface area (Å²) in [5.74, 6) is 1.82. The molecule has 0 aromatic rings. The van der Waals surface area contributed by atoms with Crippen LogP contribution in [0.4, 0.5) is 0 Å². The molecule has 3 nitrogen and oxygen atoms in total. The number of hydrogen-bond donors (Lipinski definition) is 1. The smallest absolute Gasteiger partial charge is 0.306 e. The Morgan fingerprint density at radius 3 is 2.47 bits per heavy atom. The van der Waals surface area contributed by atoms with Crippen LogP contribution in [0.25, 0.3) is 0 Å². The molecule has 1 N–H and O–H groups in total. The number of rotatable bonds is 4. The van der Waals surface area contributed by atoms with E-state index < -0.39 is 5.97 Å². The molecule has 0 spiro atoms. The SMILES string of the molecule is CC(C)C1CCC(C(=O)O)C(CC2CCOCC2)C1. The second kappa shape index (κ2) is 6.74. The highest BCUT2D eigenvalue weighted by Gasteiger charge is 2.37. The van der Waals surface area contributed by atoms with E-state index in [1.165, 1.54) is 0 Å². The molecular weight excluding hydrogens is 240 g/mol. The molecule has 3 unspecified atom stereocenters. The fourth-order valence-corrected chi connectivity index (χ4v) is 3.90. The van der Waals surface area contributed by atoms with E-state index in [1.54, 1.807) is 0 Å². The van der Waals surface area contributed by atoms with Crippen molar-refractivity contribution in [2.75, 3.05) is 13.2 Å². The minimum absolute atomic E-state index is 0.0992. The van der Waals surface area contributed by atoms with Crippen molar-refractivity contribution in [3.05, 3.63) is 0 Å². The van der Waals surface area contributed by atoms with Gasteiger partial charge in [-0.05, 0) is 62.2 Å². The number of carboxylic acids is 1. The van der Waals surface area contributed by atoms with E-state index in [0.29, 0.717) is 17.8 Å². The van der Waals surface area contributed by atoms with Crippen molar-refractivity contribution >= 4 is 5.97 Å². The maximum atomic E-state index is 11.5. The summed E-state index contributed by atoms with van der Waals surface area (Å²) in [7, 11) is 0. The number of ether oxygens (including phenoxy) is 1.